The minimum absolute atomic E-state index is 0.112. The molecule has 1 aliphatic rings. The molecule has 1 aromatic heterocycles. The second-order valence-electron chi connectivity index (χ2n) is 8.42. The van der Waals surface area contributed by atoms with E-state index in [9.17, 15) is 14.0 Å². The Kier molecular flexibility index (Phi) is 8.38. The van der Waals surface area contributed by atoms with E-state index in [-0.39, 0.29) is 17.5 Å². The van der Waals surface area contributed by atoms with Crippen molar-refractivity contribution in [2.75, 3.05) is 25.0 Å². The predicted octanol–water partition coefficient (Wildman–Crippen LogP) is 4.11. The Morgan fingerprint density at radius 1 is 1.14 bits per heavy atom. The van der Waals surface area contributed by atoms with Crippen molar-refractivity contribution in [1.82, 2.24) is 20.4 Å². The summed E-state index contributed by atoms with van der Waals surface area (Å²) in [5.41, 5.74) is 0.907. The molecule has 35 heavy (non-hydrogen) atoms. The number of rotatable bonds is 9. The molecule has 10 heteroatoms. The smallest absolute Gasteiger partial charge is 0.286 e. The molecule has 0 unspecified atom stereocenters. The Hall–Kier alpha value is -3.37. The minimum atomic E-state index is -0.468. The summed E-state index contributed by atoms with van der Waals surface area (Å²) in [5, 5.41) is 14.1. The van der Waals surface area contributed by atoms with Gasteiger partial charge in [0.2, 0.25) is 5.01 Å². The summed E-state index contributed by atoms with van der Waals surface area (Å²) in [6.07, 6.45) is 3.72. The van der Waals surface area contributed by atoms with Gasteiger partial charge in [-0.2, -0.15) is 0 Å². The summed E-state index contributed by atoms with van der Waals surface area (Å²) < 4.78 is 19.0. The van der Waals surface area contributed by atoms with Crippen LogP contribution in [-0.2, 0) is 6.61 Å². The molecular weight excluding hydrogens is 469 g/mol. The summed E-state index contributed by atoms with van der Waals surface area (Å²) in [6.45, 7) is 4.94. The molecular formula is C25H28FN5O3S. The standard InChI is InChI=1S/C25H28FN5O3S/c1-17-5-2-3-13-31(17)14-12-27-23(32)18-8-10-21(11-9-18)34-16-22-29-30-25(35-22)24(33)28-20-7-4-6-19(26)15-20/h4,6-11,15,17H,2-3,5,12-14,16H2,1H3,(H,27,32)(H,28,33)/t17-/m1/s1. The van der Waals surface area contributed by atoms with Crippen LogP contribution in [0.3, 0.4) is 0 Å². The van der Waals surface area contributed by atoms with E-state index in [1.807, 2.05) is 0 Å². The lowest BCUT2D eigenvalue weighted by Gasteiger charge is -2.33. The first-order chi connectivity index (χ1) is 17.0. The van der Waals surface area contributed by atoms with Crippen LogP contribution in [0.15, 0.2) is 48.5 Å². The number of hydrogen-bond donors (Lipinski definition) is 2. The van der Waals surface area contributed by atoms with E-state index in [2.05, 4.69) is 32.7 Å². The number of carbonyl (C=O) groups excluding carboxylic acids is 2. The van der Waals surface area contributed by atoms with E-state index in [0.29, 0.717) is 34.6 Å². The van der Waals surface area contributed by atoms with Gasteiger partial charge in [-0.25, -0.2) is 4.39 Å². The molecule has 0 bridgehead atoms. The number of piperidine rings is 1. The molecule has 0 spiro atoms. The zero-order valence-electron chi connectivity index (χ0n) is 19.5. The normalized spacial score (nSPS) is 16.0. The molecule has 2 aromatic carbocycles. The Morgan fingerprint density at radius 3 is 2.74 bits per heavy atom. The second-order valence-corrected chi connectivity index (χ2v) is 9.48. The van der Waals surface area contributed by atoms with E-state index >= 15 is 0 Å². The predicted molar refractivity (Wildman–Crippen MR) is 132 cm³/mol. The molecule has 2 N–H and O–H groups in total. The number of ether oxygens (including phenoxy) is 1. The molecule has 8 nitrogen and oxygen atoms in total. The Labute approximate surface area is 207 Å². The Morgan fingerprint density at radius 2 is 1.97 bits per heavy atom. The van der Waals surface area contributed by atoms with Gasteiger partial charge in [-0.05, 0) is 68.8 Å². The van der Waals surface area contributed by atoms with Gasteiger partial charge in [0.15, 0.2) is 5.01 Å². The van der Waals surface area contributed by atoms with Crippen molar-refractivity contribution in [2.45, 2.75) is 38.8 Å². The van der Waals surface area contributed by atoms with Crippen LogP contribution in [-0.4, -0.2) is 52.6 Å². The van der Waals surface area contributed by atoms with Crippen molar-refractivity contribution in [3.63, 3.8) is 0 Å². The molecule has 1 saturated heterocycles. The number of benzene rings is 2. The lowest BCUT2D eigenvalue weighted by Crippen LogP contribution is -2.42. The molecule has 0 radical (unpaired) electrons. The van der Waals surface area contributed by atoms with E-state index < -0.39 is 11.7 Å². The molecule has 184 valence electrons. The number of likely N-dealkylation sites (tertiary alicyclic amines) is 1. The second kappa shape index (κ2) is 11.9. The van der Waals surface area contributed by atoms with Crippen LogP contribution in [0.25, 0.3) is 0 Å². The number of nitrogens with one attached hydrogen (secondary N) is 2. The first kappa shape index (κ1) is 24.7. The number of nitrogens with zero attached hydrogens (tertiary/aromatic N) is 3. The average molecular weight is 498 g/mol. The van der Waals surface area contributed by atoms with Gasteiger partial charge in [-0.15, -0.1) is 10.2 Å². The van der Waals surface area contributed by atoms with Crippen molar-refractivity contribution < 1.29 is 18.7 Å². The van der Waals surface area contributed by atoms with Gasteiger partial charge in [0, 0.05) is 30.4 Å². The SMILES string of the molecule is C[C@@H]1CCCCN1CCNC(=O)c1ccc(OCc2nnc(C(=O)Nc3cccc(F)c3)s2)cc1. The number of hydrogen-bond acceptors (Lipinski definition) is 7. The number of anilines is 1. The van der Waals surface area contributed by atoms with E-state index in [0.717, 1.165) is 24.4 Å². The number of halogens is 1. The van der Waals surface area contributed by atoms with Crippen molar-refractivity contribution >= 4 is 28.8 Å². The van der Waals surface area contributed by atoms with Gasteiger partial charge in [0.1, 0.15) is 18.2 Å². The molecule has 0 aliphatic carbocycles. The van der Waals surface area contributed by atoms with Crippen LogP contribution in [0.1, 0.15) is 51.4 Å². The average Bonchev–Trinajstić information content (AvgIpc) is 3.34. The summed E-state index contributed by atoms with van der Waals surface area (Å²) in [7, 11) is 0. The highest BCUT2D eigenvalue weighted by Gasteiger charge is 2.18. The molecule has 0 saturated carbocycles. The van der Waals surface area contributed by atoms with Crippen molar-refractivity contribution in [2.24, 2.45) is 0 Å². The topological polar surface area (TPSA) is 96.5 Å². The maximum atomic E-state index is 13.3. The summed E-state index contributed by atoms with van der Waals surface area (Å²) >= 11 is 1.09. The quantitative estimate of drug-likeness (QED) is 0.462. The fourth-order valence-electron chi connectivity index (χ4n) is 3.91. The van der Waals surface area contributed by atoms with Crippen LogP contribution < -0.4 is 15.4 Å². The first-order valence-electron chi connectivity index (χ1n) is 11.6. The van der Waals surface area contributed by atoms with Crippen LogP contribution in [0.2, 0.25) is 0 Å². The van der Waals surface area contributed by atoms with E-state index in [1.165, 1.54) is 37.5 Å². The van der Waals surface area contributed by atoms with E-state index in [1.54, 1.807) is 30.3 Å². The maximum absolute atomic E-state index is 13.3. The molecule has 1 atom stereocenters. The first-order valence-corrected chi connectivity index (χ1v) is 12.4. The third-order valence-corrected chi connectivity index (χ3v) is 6.74. The molecule has 2 heterocycles. The highest BCUT2D eigenvalue weighted by atomic mass is 32.1. The van der Waals surface area contributed by atoms with Crippen LogP contribution >= 0.6 is 11.3 Å². The minimum Gasteiger partial charge on any atom is -0.486 e. The van der Waals surface area contributed by atoms with E-state index in [4.69, 9.17) is 4.74 Å². The van der Waals surface area contributed by atoms with Crippen molar-refractivity contribution in [3.05, 3.63) is 69.9 Å². The lowest BCUT2D eigenvalue weighted by atomic mass is 10.0. The largest absolute Gasteiger partial charge is 0.486 e. The van der Waals surface area contributed by atoms with Crippen molar-refractivity contribution in [3.8, 4) is 5.75 Å². The lowest BCUT2D eigenvalue weighted by molar-refractivity contribution is 0.0937. The van der Waals surface area contributed by atoms with Gasteiger partial charge in [-0.1, -0.05) is 23.8 Å². The Balaban J connectivity index is 1.22. The zero-order chi connectivity index (χ0) is 24.6. The maximum Gasteiger partial charge on any atom is 0.286 e. The molecule has 1 fully saturated rings. The monoisotopic (exact) mass is 497 g/mol. The van der Waals surface area contributed by atoms with Crippen LogP contribution in [0.5, 0.6) is 5.75 Å². The van der Waals surface area contributed by atoms with Gasteiger partial charge < -0.3 is 15.4 Å². The third-order valence-electron chi connectivity index (χ3n) is 5.85. The highest BCUT2D eigenvalue weighted by Crippen LogP contribution is 2.18. The number of aromatic nitrogens is 2. The molecule has 4 rings (SSSR count). The number of amides is 2. The van der Waals surface area contributed by atoms with Gasteiger partial charge in [0.25, 0.3) is 11.8 Å². The van der Waals surface area contributed by atoms with Gasteiger partial charge in [0.05, 0.1) is 0 Å². The Bertz CT molecular complexity index is 1150. The van der Waals surface area contributed by atoms with Crippen LogP contribution in [0, 0.1) is 5.82 Å². The number of carbonyl (C=O) groups is 2. The third kappa shape index (κ3) is 7.06. The summed E-state index contributed by atoms with van der Waals surface area (Å²) in [4.78, 5) is 27.1. The van der Waals surface area contributed by atoms with Gasteiger partial charge in [-0.3, -0.25) is 14.5 Å². The van der Waals surface area contributed by atoms with Gasteiger partial charge >= 0.3 is 0 Å². The fourth-order valence-corrected chi connectivity index (χ4v) is 4.56. The summed E-state index contributed by atoms with van der Waals surface area (Å²) in [6, 6.07) is 13.1. The molecule has 3 aromatic rings. The summed E-state index contributed by atoms with van der Waals surface area (Å²) in [5.74, 6) is -0.446. The van der Waals surface area contributed by atoms with Crippen molar-refractivity contribution in [1.29, 1.82) is 0 Å². The zero-order valence-corrected chi connectivity index (χ0v) is 20.3. The highest BCUT2D eigenvalue weighted by molar-refractivity contribution is 7.13. The van der Waals surface area contributed by atoms with Crippen LogP contribution in [0.4, 0.5) is 10.1 Å². The molecule has 2 amide bonds. The fraction of sp³-hybridized carbons (Fsp3) is 0.360. The molecule has 1 aliphatic heterocycles.